The first-order chi connectivity index (χ1) is 17.8. The number of benzene rings is 2. The molecule has 1 aromatic heterocycles. The van der Waals surface area contributed by atoms with E-state index in [4.69, 9.17) is 13.9 Å². The molecule has 1 atom stereocenters. The fraction of sp³-hybridized carbons (Fsp3) is 0.333. The fourth-order valence-corrected chi connectivity index (χ4v) is 4.39. The van der Waals surface area contributed by atoms with Crippen LogP contribution in [0.4, 0.5) is 14.5 Å². The molecule has 10 heteroatoms. The summed E-state index contributed by atoms with van der Waals surface area (Å²) >= 11 is 0. The molecule has 1 saturated heterocycles. The van der Waals surface area contributed by atoms with E-state index < -0.39 is 34.7 Å². The van der Waals surface area contributed by atoms with Gasteiger partial charge in [0.1, 0.15) is 11.5 Å². The first-order valence-electron chi connectivity index (χ1n) is 11.8. The van der Waals surface area contributed by atoms with E-state index >= 15 is 0 Å². The van der Waals surface area contributed by atoms with E-state index in [0.717, 1.165) is 36.7 Å². The quantitative estimate of drug-likeness (QED) is 0.456. The van der Waals surface area contributed by atoms with Crippen LogP contribution in [0.5, 0.6) is 11.5 Å². The Labute approximate surface area is 212 Å². The Morgan fingerprint density at radius 2 is 1.73 bits per heavy atom. The molecule has 0 aliphatic carbocycles. The number of hydrogen-bond donors (Lipinski definition) is 1. The molecule has 0 amide bonds. The minimum absolute atomic E-state index is 0.160. The molecule has 0 spiro atoms. The summed E-state index contributed by atoms with van der Waals surface area (Å²) in [6.07, 6.45) is -0.345. The number of piperazine rings is 1. The Balaban J connectivity index is 1.54. The normalized spacial score (nSPS) is 14.9. The number of ether oxygens (including phenoxy) is 2. The van der Waals surface area contributed by atoms with Crippen molar-refractivity contribution in [3.63, 3.8) is 0 Å². The van der Waals surface area contributed by atoms with Crippen molar-refractivity contribution < 1.29 is 32.6 Å². The number of carbonyl (C=O) groups excluding carboxylic acids is 1. The van der Waals surface area contributed by atoms with E-state index in [-0.39, 0.29) is 23.5 Å². The van der Waals surface area contributed by atoms with E-state index in [0.29, 0.717) is 19.6 Å². The Morgan fingerprint density at radius 3 is 2.35 bits per heavy atom. The standard InChI is InChI=1S/C27H28F2N2O6/c1-35-19-6-4-18(5-7-19)31-11-9-30(10-12-31)16-20-14-24(32)26(34)27(37-20)21(15-25(33)36-2)17-3-8-22(28)23(29)13-17/h3-8,13-14,21,34H,9-12,15-16H2,1-2H3. The average molecular weight is 515 g/mol. The molecular weight excluding hydrogens is 486 g/mol. The van der Waals surface area contributed by atoms with Gasteiger partial charge in [0.2, 0.25) is 11.2 Å². The van der Waals surface area contributed by atoms with Crippen molar-refractivity contribution in [3.8, 4) is 11.5 Å². The summed E-state index contributed by atoms with van der Waals surface area (Å²) in [5.41, 5.74) is 0.551. The van der Waals surface area contributed by atoms with Crippen LogP contribution in [0.1, 0.15) is 29.4 Å². The maximum Gasteiger partial charge on any atom is 0.306 e. The van der Waals surface area contributed by atoms with Crippen LogP contribution in [0.3, 0.4) is 0 Å². The van der Waals surface area contributed by atoms with Gasteiger partial charge < -0.3 is 23.9 Å². The molecule has 1 fully saturated rings. The van der Waals surface area contributed by atoms with Crippen LogP contribution in [0.25, 0.3) is 0 Å². The second-order valence-corrected chi connectivity index (χ2v) is 8.76. The van der Waals surface area contributed by atoms with E-state index in [1.165, 1.54) is 19.2 Å². The number of methoxy groups -OCH3 is 2. The molecule has 37 heavy (non-hydrogen) atoms. The number of nitrogens with zero attached hydrogens (tertiary/aromatic N) is 2. The van der Waals surface area contributed by atoms with Crippen LogP contribution >= 0.6 is 0 Å². The van der Waals surface area contributed by atoms with Gasteiger partial charge in [-0.05, 0) is 42.0 Å². The first kappa shape index (κ1) is 26.2. The lowest BCUT2D eigenvalue weighted by molar-refractivity contribution is -0.140. The van der Waals surface area contributed by atoms with Crippen molar-refractivity contribution in [3.05, 3.63) is 87.5 Å². The summed E-state index contributed by atoms with van der Waals surface area (Å²) in [5.74, 6) is -3.72. The number of hydrogen-bond acceptors (Lipinski definition) is 8. The lowest BCUT2D eigenvalue weighted by atomic mass is 9.92. The Kier molecular flexibility index (Phi) is 8.08. The first-order valence-corrected chi connectivity index (χ1v) is 11.8. The predicted octanol–water partition coefficient (Wildman–Crippen LogP) is 3.65. The van der Waals surface area contributed by atoms with Gasteiger partial charge in [-0.1, -0.05) is 6.07 Å². The van der Waals surface area contributed by atoms with E-state index in [2.05, 4.69) is 9.80 Å². The highest BCUT2D eigenvalue weighted by molar-refractivity contribution is 5.71. The van der Waals surface area contributed by atoms with Gasteiger partial charge in [-0.2, -0.15) is 0 Å². The zero-order chi connectivity index (χ0) is 26.5. The molecule has 2 heterocycles. The van der Waals surface area contributed by atoms with Crippen LogP contribution in [0.2, 0.25) is 0 Å². The third kappa shape index (κ3) is 6.08. The highest BCUT2D eigenvalue weighted by Gasteiger charge is 2.28. The van der Waals surface area contributed by atoms with Gasteiger partial charge in [0.25, 0.3) is 0 Å². The molecule has 1 aliphatic rings. The lowest BCUT2D eigenvalue weighted by Gasteiger charge is -2.36. The number of aromatic hydroxyl groups is 1. The molecule has 3 aromatic rings. The van der Waals surface area contributed by atoms with Crippen molar-refractivity contribution in [2.45, 2.75) is 18.9 Å². The summed E-state index contributed by atoms with van der Waals surface area (Å²) in [6.45, 7) is 3.19. The Bertz CT molecular complexity index is 1300. The summed E-state index contributed by atoms with van der Waals surface area (Å²) < 4.78 is 43.4. The molecule has 1 unspecified atom stereocenters. The Morgan fingerprint density at radius 1 is 1.03 bits per heavy atom. The monoisotopic (exact) mass is 514 g/mol. The lowest BCUT2D eigenvalue weighted by Crippen LogP contribution is -2.46. The molecule has 2 aromatic carbocycles. The van der Waals surface area contributed by atoms with Crippen LogP contribution in [0, 0.1) is 11.6 Å². The van der Waals surface area contributed by atoms with Gasteiger partial charge in [0.15, 0.2) is 17.4 Å². The van der Waals surface area contributed by atoms with Gasteiger partial charge in [-0.25, -0.2) is 8.78 Å². The Hall–Kier alpha value is -3.92. The van der Waals surface area contributed by atoms with Crippen molar-refractivity contribution >= 4 is 11.7 Å². The van der Waals surface area contributed by atoms with Crippen molar-refractivity contribution in [2.75, 3.05) is 45.3 Å². The van der Waals surface area contributed by atoms with Gasteiger partial charge in [0, 0.05) is 37.9 Å². The highest BCUT2D eigenvalue weighted by Crippen LogP contribution is 2.34. The van der Waals surface area contributed by atoms with E-state index in [1.807, 2.05) is 24.3 Å². The van der Waals surface area contributed by atoms with Crippen LogP contribution in [0.15, 0.2) is 57.7 Å². The summed E-state index contributed by atoms with van der Waals surface area (Å²) in [6, 6.07) is 12.1. The molecular formula is C27H28F2N2O6. The minimum Gasteiger partial charge on any atom is -0.502 e. The maximum absolute atomic E-state index is 14.0. The molecule has 4 rings (SSSR count). The van der Waals surface area contributed by atoms with Crippen molar-refractivity contribution in [1.29, 1.82) is 0 Å². The summed E-state index contributed by atoms with van der Waals surface area (Å²) in [5, 5.41) is 10.5. The molecule has 8 nitrogen and oxygen atoms in total. The van der Waals surface area contributed by atoms with Crippen molar-refractivity contribution in [2.24, 2.45) is 0 Å². The molecule has 196 valence electrons. The zero-order valence-electron chi connectivity index (χ0n) is 20.6. The minimum atomic E-state index is -1.12. The SMILES string of the molecule is COC(=O)CC(c1ccc(F)c(F)c1)c1oc(CN2CCN(c3ccc(OC)cc3)CC2)cc(=O)c1O. The second-order valence-electron chi connectivity index (χ2n) is 8.76. The fourth-order valence-electron chi connectivity index (χ4n) is 4.39. The maximum atomic E-state index is 14.0. The number of halogens is 2. The smallest absolute Gasteiger partial charge is 0.306 e. The second kappa shape index (κ2) is 11.4. The number of carbonyl (C=O) groups is 1. The molecule has 0 radical (unpaired) electrons. The zero-order valence-corrected chi connectivity index (χ0v) is 20.6. The van der Waals surface area contributed by atoms with E-state index in [9.17, 15) is 23.5 Å². The molecule has 0 bridgehead atoms. The van der Waals surface area contributed by atoms with E-state index in [1.54, 1.807) is 7.11 Å². The average Bonchev–Trinajstić information content (AvgIpc) is 2.91. The van der Waals surface area contributed by atoms with Crippen molar-refractivity contribution in [1.82, 2.24) is 4.90 Å². The van der Waals surface area contributed by atoms with Crippen LogP contribution < -0.4 is 15.1 Å². The largest absolute Gasteiger partial charge is 0.502 e. The topological polar surface area (TPSA) is 92.5 Å². The molecule has 1 N–H and O–H groups in total. The van der Waals surface area contributed by atoms with Crippen LogP contribution in [-0.4, -0.2) is 56.4 Å². The third-order valence-electron chi connectivity index (χ3n) is 6.45. The van der Waals surface area contributed by atoms with Gasteiger partial charge in [-0.15, -0.1) is 0 Å². The third-order valence-corrected chi connectivity index (χ3v) is 6.45. The van der Waals surface area contributed by atoms with Crippen LogP contribution in [-0.2, 0) is 16.1 Å². The number of rotatable bonds is 8. The van der Waals surface area contributed by atoms with Gasteiger partial charge in [0.05, 0.1) is 33.1 Å². The number of esters is 1. The van der Waals surface area contributed by atoms with Gasteiger partial charge in [-0.3, -0.25) is 14.5 Å². The van der Waals surface area contributed by atoms with Gasteiger partial charge >= 0.3 is 5.97 Å². The summed E-state index contributed by atoms with van der Waals surface area (Å²) in [4.78, 5) is 29.0. The predicted molar refractivity (Wildman–Crippen MR) is 132 cm³/mol. The summed E-state index contributed by atoms with van der Waals surface area (Å²) in [7, 11) is 2.80. The molecule has 0 saturated carbocycles. The number of anilines is 1. The molecule has 1 aliphatic heterocycles. The highest BCUT2D eigenvalue weighted by atomic mass is 19.2.